The minimum Gasteiger partial charge on any atom is -0.384 e. The molecular formula is C8H10ClFOS. The molecule has 0 bridgehead atoms. The van der Waals surface area contributed by atoms with Crippen LogP contribution in [0.5, 0.6) is 0 Å². The van der Waals surface area contributed by atoms with Gasteiger partial charge in [-0.05, 0) is 26.0 Å². The molecule has 0 fully saturated rings. The summed E-state index contributed by atoms with van der Waals surface area (Å²) in [5.74, 6) is 0. The van der Waals surface area contributed by atoms with Crippen molar-refractivity contribution in [2.45, 2.75) is 25.6 Å². The molecule has 1 heterocycles. The van der Waals surface area contributed by atoms with E-state index in [1.165, 1.54) is 25.2 Å². The maximum Gasteiger partial charge on any atom is 0.136 e. The van der Waals surface area contributed by atoms with Crippen LogP contribution < -0.4 is 0 Å². The predicted molar refractivity (Wildman–Crippen MR) is 49.5 cm³/mol. The molecule has 1 aromatic rings. The van der Waals surface area contributed by atoms with E-state index in [4.69, 9.17) is 11.6 Å². The Hall–Kier alpha value is -0.120. The molecule has 1 nitrogen and oxygen atoms in total. The topological polar surface area (TPSA) is 20.2 Å². The van der Waals surface area contributed by atoms with Gasteiger partial charge in [-0.2, -0.15) is 0 Å². The van der Waals surface area contributed by atoms with Gasteiger partial charge in [-0.1, -0.05) is 11.6 Å². The second-order valence-electron chi connectivity index (χ2n) is 3.11. The van der Waals surface area contributed by atoms with Crippen LogP contribution in [-0.2, 0) is 0 Å². The molecule has 0 saturated carbocycles. The lowest BCUT2D eigenvalue weighted by molar-refractivity contribution is 0.0186. The van der Waals surface area contributed by atoms with Gasteiger partial charge in [-0.25, -0.2) is 4.39 Å². The molecule has 1 aromatic heterocycles. The molecule has 1 rings (SSSR count). The lowest BCUT2D eigenvalue weighted by atomic mass is 10.0. The highest BCUT2D eigenvalue weighted by Gasteiger charge is 2.29. The van der Waals surface area contributed by atoms with Crippen molar-refractivity contribution < 1.29 is 9.50 Å². The number of halogens is 2. The van der Waals surface area contributed by atoms with Gasteiger partial charge in [0.2, 0.25) is 0 Å². The standard InChI is InChI=1S/C8H10ClFOS/c1-8(2,10)7(11)5-3-4-6(9)12-5/h3-4,7,11H,1-2H3. The molecule has 68 valence electrons. The maximum atomic E-state index is 13.2. The van der Waals surface area contributed by atoms with E-state index < -0.39 is 11.8 Å². The highest BCUT2D eigenvalue weighted by molar-refractivity contribution is 7.16. The van der Waals surface area contributed by atoms with Crippen molar-refractivity contribution in [3.05, 3.63) is 21.3 Å². The number of rotatable bonds is 2. The number of hydrogen-bond acceptors (Lipinski definition) is 2. The van der Waals surface area contributed by atoms with Crippen LogP contribution in [0.2, 0.25) is 4.34 Å². The number of aliphatic hydroxyl groups excluding tert-OH is 1. The Morgan fingerprint density at radius 1 is 1.58 bits per heavy atom. The van der Waals surface area contributed by atoms with Gasteiger partial charge in [0, 0.05) is 4.88 Å². The van der Waals surface area contributed by atoms with Gasteiger partial charge in [0.1, 0.15) is 11.8 Å². The number of alkyl halides is 1. The Labute approximate surface area is 79.8 Å². The number of hydrogen-bond donors (Lipinski definition) is 1. The van der Waals surface area contributed by atoms with E-state index in [0.29, 0.717) is 9.21 Å². The molecule has 0 aromatic carbocycles. The molecule has 12 heavy (non-hydrogen) atoms. The predicted octanol–water partition coefficient (Wildman–Crippen LogP) is 3.18. The Bertz CT molecular complexity index is 266. The summed E-state index contributed by atoms with van der Waals surface area (Å²) in [6.07, 6.45) is -1.09. The van der Waals surface area contributed by atoms with E-state index in [-0.39, 0.29) is 0 Å². The zero-order chi connectivity index (χ0) is 9.35. The average Bonchev–Trinajstić information content (AvgIpc) is 2.32. The maximum absolute atomic E-state index is 13.2. The Morgan fingerprint density at radius 3 is 2.50 bits per heavy atom. The van der Waals surface area contributed by atoms with E-state index in [1.807, 2.05) is 0 Å². The molecule has 0 aliphatic heterocycles. The highest BCUT2D eigenvalue weighted by Crippen LogP contribution is 2.34. The van der Waals surface area contributed by atoms with Crippen LogP contribution in [0.3, 0.4) is 0 Å². The molecule has 1 unspecified atom stereocenters. The first kappa shape index (κ1) is 9.96. The second kappa shape index (κ2) is 3.32. The third kappa shape index (κ3) is 2.19. The normalized spacial score (nSPS) is 14.8. The van der Waals surface area contributed by atoms with E-state index in [9.17, 15) is 9.50 Å². The van der Waals surface area contributed by atoms with Crippen LogP contribution in [0.4, 0.5) is 4.39 Å². The molecule has 0 aliphatic rings. The monoisotopic (exact) mass is 208 g/mol. The summed E-state index contributed by atoms with van der Waals surface area (Å²) in [4.78, 5) is 0.563. The van der Waals surface area contributed by atoms with Crippen LogP contribution >= 0.6 is 22.9 Å². The molecule has 0 aliphatic carbocycles. The molecule has 0 saturated heterocycles. The fourth-order valence-corrected chi connectivity index (χ4v) is 2.03. The van der Waals surface area contributed by atoms with Crippen LogP contribution in [0.1, 0.15) is 24.8 Å². The van der Waals surface area contributed by atoms with Gasteiger partial charge >= 0.3 is 0 Å². The summed E-state index contributed by atoms with van der Waals surface area (Å²) in [6.45, 7) is 2.68. The fraction of sp³-hybridized carbons (Fsp3) is 0.500. The van der Waals surface area contributed by atoms with Crippen molar-refractivity contribution in [1.29, 1.82) is 0 Å². The zero-order valence-corrected chi connectivity index (χ0v) is 8.42. The smallest absolute Gasteiger partial charge is 0.136 e. The van der Waals surface area contributed by atoms with E-state index >= 15 is 0 Å². The lowest BCUT2D eigenvalue weighted by Crippen LogP contribution is -2.22. The molecule has 0 radical (unpaired) electrons. The summed E-state index contributed by atoms with van der Waals surface area (Å²) >= 11 is 6.84. The lowest BCUT2D eigenvalue weighted by Gasteiger charge is -2.20. The van der Waals surface area contributed by atoms with Crippen molar-refractivity contribution in [1.82, 2.24) is 0 Å². The molecule has 0 spiro atoms. The second-order valence-corrected chi connectivity index (χ2v) is 4.86. The average molecular weight is 209 g/mol. The van der Waals surface area contributed by atoms with Crippen molar-refractivity contribution in [3.63, 3.8) is 0 Å². The van der Waals surface area contributed by atoms with Gasteiger partial charge in [0.15, 0.2) is 0 Å². The summed E-state index contributed by atoms with van der Waals surface area (Å²) in [6, 6.07) is 3.29. The number of thiophene rings is 1. The molecule has 1 atom stereocenters. The third-order valence-electron chi connectivity index (χ3n) is 1.51. The molecular weight excluding hydrogens is 199 g/mol. The summed E-state index contributed by atoms with van der Waals surface area (Å²) in [7, 11) is 0. The summed E-state index contributed by atoms with van der Waals surface area (Å²) < 4.78 is 13.8. The van der Waals surface area contributed by atoms with Crippen LogP contribution in [0.25, 0.3) is 0 Å². The molecule has 0 amide bonds. The van der Waals surface area contributed by atoms with Crippen molar-refractivity contribution >= 4 is 22.9 Å². The Morgan fingerprint density at radius 2 is 2.17 bits per heavy atom. The minimum absolute atomic E-state index is 0.563. The first-order valence-electron chi connectivity index (χ1n) is 3.53. The van der Waals surface area contributed by atoms with Crippen molar-refractivity contribution in [2.24, 2.45) is 0 Å². The van der Waals surface area contributed by atoms with Gasteiger partial charge < -0.3 is 5.11 Å². The minimum atomic E-state index is -1.62. The molecule has 4 heteroatoms. The quantitative estimate of drug-likeness (QED) is 0.792. The Kier molecular flexibility index (Phi) is 2.76. The van der Waals surface area contributed by atoms with Gasteiger partial charge in [0.05, 0.1) is 4.34 Å². The largest absolute Gasteiger partial charge is 0.384 e. The molecule has 1 N–H and O–H groups in total. The van der Waals surface area contributed by atoms with Crippen molar-refractivity contribution in [3.8, 4) is 0 Å². The first-order valence-corrected chi connectivity index (χ1v) is 4.73. The van der Waals surface area contributed by atoms with E-state index in [2.05, 4.69) is 0 Å². The highest BCUT2D eigenvalue weighted by atomic mass is 35.5. The summed E-state index contributed by atoms with van der Waals surface area (Å²) in [5, 5.41) is 9.45. The van der Waals surface area contributed by atoms with E-state index in [0.717, 1.165) is 0 Å². The number of aliphatic hydroxyl groups is 1. The summed E-state index contributed by atoms with van der Waals surface area (Å²) in [5.41, 5.74) is -1.62. The van der Waals surface area contributed by atoms with Gasteiger partial charge in [0.25, 0.3) is 0 Å². The van der Waals surface area contributed by atoms with Crippen LogP contribution in [0.15, 0.2) is 12.1 Å². The van der Waals surface area contributed by atoms with E-state index in [1.54, 1.807) is 12.1 Å². The van der Waals surface area contributed by atoms with Crippen LogP contribution in [-0.4, -0.2) is 10.8 Å². The Balaban J connectivity index is 2.85. The first-order chi connectivity index (χ1) is 5.41. The van der Waals surface area contributed by atoms with Crippen molar-refractivity contribution in [2.75, 3.05) is 0 Å². The zero-order valence-electron chi connectivity index (χ0n) is 6.84. The van der Waals surface area contributed by atoms with Gasteiger partial charge in [-0.15, -0.1) is 11.3 Å². The SMILES string of the molecule is CC(C)(F)C(O)c1ccc(Cl)s1. The fourth-order valence-electron chi connectivity index (χ4n) is 0.814. The van der Waals surface area contributed by atoms with Gasteiger partial charge in [-0.3, -0.25) is 0 Å². The third-order valence-corrected chi connectivity index (χ3v) is 2.80. The van der Waals surface area contributed by atoms with Crippen LogP contribution in [0, 0.1) is 0 Å².